The highest BCUT2D eigenvalue weighted by Gasteiger charge is 2.60. The first-order valence-corrected chi connectivity index (χ1v) is 7.61. The molecule has 0 radical (unpaired) electrons. The van der Waals surface area contributed by atoms with E-state index in [2.05, 4.69) is 4.90 Å². The summed E-state index contributed by atoms with van der Waals surface area (Å²) in [5.41, 5.74) is -1.83. The average Bonchev–Trinajstić information content (AvgIpc) is 3.01. The third-order valence-electron chi connectivity index (χ3n) is 4.91. The van der Waals surface area contributed by atoms with Crippen LogP contribution in [0, 0.1) is 5.92 Å². The third-order valence-corrected chi connectivity index (χ3v) is 4.91. The zero-order chi connectivity index (χ0) is 15.6. The number of piperazine rings is 1. The molecule has 3 aliphatic rings. The molecule has 2 saturated heterocycles. The zero-order valence-electron chi connectivity index (χ0n) is 13.1. The summed E-state index contributed by atoms with van der Waals surface area (Å²) in [6, 6.07) is 0.822. The number of fused-ring (bicyclic) bond motifs is 3. The van der Waals surface area contributed by atoms with E-state index in [4.69, 9.17) is 4.74 Å². The number of ether oxygens (including phenoxy) is 1. The van der Waals surface area contributed by atoms with Crippen molar-refractivity contribution in [3.05, 3.63) is 0 Å². The zero-order valence-corrected chi connectivity index (χ0v) is 13.1. The number of carbonyl (C=O) groups is 2. The summed E-state index contributed by atoms with van der Waals surface area (Å²) in [5, 5.41) is 9.66. The summed E-state index contributed by atoms with van der Waals surface area (Å²) in [5.74, 6) is -0.262. The summed E-state index contributed by atoms with van der Waals surface area (Å²) in [7, 11) is 0. The first kappa shape index (κ1) is 14.6. The van der Waals surface area contributed by atoms with Crippen LogP contribution in [0.5, 0.6) is 0 Å². The number of carbonyl (C=O) groups excluding carboxylic acids is 1. The van der Waals surface area contributed by atoms with Crippen LogP contribution in [-0.2, 0) is 9.53 Å². The lowest BCUT2D eigenvalue weighted by molar-refractivity contribution is -0.156. The average molecular weight is 296 g/mol. The topological polar surface area (TPSA) is 70.1 Å². The molecule has 1 amide bonds. The van der Waals surface area contributed by atoms with E-state index in [9.17, 15) is 14.7 Å². The van der Waals surface area contributed by atoms with Gasteiger partial charge in [0.15, 0.2) is 5.54 Å². The second-order valence-corrected chi connectivity index (χ2v) is 7.79. The number of hydrogen-bond donors (Lipinski definition) is 1. The van der Waals surface area contributed by atoms with Crippen LogP contribution in [0.25, 0.3) is 0 Å². The lowest BCUT2D eigenvalue weighted by Gasteiger charge is -2.48. The van der Waals surface area contributed by atoms with Crippen LogP contribution in [0.4, 0.5) is 4.79 Å². The van der Waals surface area contributed by atoms with Crippen molar-refractivity contribution in [1.29, 1.82) is 0 Å². The van der Waals surface area contributed by atoms with Gasteiger partial charge in [0.25, 0.3) is 0 Å². The first-order chi connectivity index (χ1) is 9.62. The molecule has 0 bridgehead atoms. The Kier molecular flexibility index (Phi) is 3.03. The summed E-state index contributed by atoms with van der Waals surface area (Å²) in [6.07, 6.45) is 1.73. The maximum absolute atomic E-state index is 12.4. The van der Waals surface area contributed by atoms with E-state index in [1.165, 1.54) is 11.3 Å². The Labute approximate surface area is 125 Å². The quantitative estimate of drug-likeness (QED) is 0.795. The fourth-order valence-corrected chi connectivity index (χ4v) is 3.70. The van der Waals surface area contributed by atoms with E-state index >= 15 is 0 Å². The fraction of sp³-hybridized carbons (Fsp3) is 0.867. The van der Waals surface area contributed by atoms with Gasteiger partial charge in [-0.25, -0.2) is 9.59 Å². The van der Waals surface area contributed by atoms with E-state index in [1.807, 2.05) is 0 Å². The van der Waals surface area contributed by atoms with E-state index in [1.54, 1.807) is 27.7 Å². The van der Waals surface area contributed by atoms with E-state index < -0.39 is 23.2 Å². The molecule has 6 nitrogen and oxygen atoms in total. The van der Waals surface area contributed by atoms with E-state index in [-0.39, 0.29) is 6.04 Å². The van der Waals surface area contributed by atoms with Crippen LogP contribution in [0.1, 0.15) is 40.5 Å². The molecule has 1 aliphatic carbocycles. The van der Waals surface area contributed by atoms with Crippen molar-refractivity contribution in [2.24, 2.45) is 5.92 Å². The second-order valence-electron chi connectivity index (χ2n) is 7.79. The van der Waals surface area contributed by atoms with Crippen molar-refractivity contribution in [3.63, 3.8) is 0 Å². The molecule has 2 heterocycles. The molecule has 3 rings (SSSR count). The molecule has 1 saturated carbocycles. The lowest BCUT2D eigenvalue weighted by atomic mass is 9.93. The maximum Gasteiger partial charge on any atom is 0.411 e. The van der Waals surface area contributed by atoms with Crippen LogP contribution in [-0.4, -0.2) is 63.3 Å². The van der Waals surface area contributed by atoms with Gasteiger partial charge in [0.1, 0.15) is 5.60 Å². The number of amides is 1. The molecule has 3 fully saturated rings. The van der Waals surface area contributed by atoms with Crippen molar-refractivity contribution in [3.8, 4) is 0 Å². The monoisotopic (exact) mass is 296 g/mol. The Hall–Kier alpha value is -1.30. The normalized spacial score (nSPS) is 38.7. The summed E-state index contributed by atoms with van der Waals surface area (Å²) < 4.78 is 5.41. The molecule has 6 heteroatoms. The summed E-state index contributed by atoms with van der Waals surface area (Å²) >= 11 is 0. The van der Waals surface area contributed by atoms with Gasteiger partial charge < -0.3 is 9.84 Å². The summed E-state index contributed by atoms with van der Waals surface area (Å²) in [6.45, 7) is 7.86. The highest BCUT2D eigenvalue weighted by atomic mass is 16.6. The molecular weight excluding hydrogens is 272 g/mol. The van der Waals surface area contributed by atoms with Gasteiger partial charge in [0.05, 0.1) is 0 Å². The SMILES string of the molecule is CC(C)(C)OC(=O)N1C[C@H]2C[C@H]3C[C@H]3N2C[C@@]1(C)C(=O)O. The molecular formula is C15H24N2O4. The van der Waals surface area contributed by atoms with Gasteiger partial charge in [0.2, 0.25) is 0 Å². The number of piperidine rings is 1. The smallest absolute Gasteiger partial charge is 0.411 e. The fourth-order valence-electron chi connectivity index (χ4n) is 3.70. The first-order valence-electron chi connectivity index (χ1n) is 7.61. The van der Waals surface area contributed by atoms with Gasteiger partial charge in [-0.1, -0.05) is 0 Å². The number of nitrogens with zero attached hydrogens (tertiary/aromatic N) is 2. The van der Waals surface area contributed by atoms with Gasteiger partial charge >= 0.3 is 12.1 Å². The third kappa shape index (κ3) is 2.39. The second kappa shape index (κ2) is 4.35. The Bertz CT molecular complexity index is 487. The minimum Gasteiger partial charge on any atom is -0.479 e. The largest absolute Gasteiger partial charge is 0.479 e. The van der Waals surface area contributed by atoms with Crippen LogP contribution in [0.15, 0.2) is 0 Å². The Morgan fingerprint density at radius 2 is 1.95 bits per heavy atom. The Morgan fingerprint density at radius 1 is 1.29 bits per heavy atom. The highest BCUT2D eigenvalue weighted by Crippen LogP contribution is 2.50. The van der Waals surface area contributed by atoms with Gasteiger partial charge in [-0.15, -0.1) is 0 Å². The van der Waals surface area contributed by atoms with Gasteiger partial charge in [-0.2, -0.15) is 0 Å². The van der Waals surface area contributed by atoms with Crippen molar-refractivity contribution in [1.82, 2.24) is 9.80 Å². The molecule has 0 aromatic rings. The summed E-state index contributed by atoms with van der Waals surface area (Å²) in [4.78, 5) is 27.9. The van der Waals surface area contributed by atoms with Crippen molar-refractivity contribution < 1.29 is 19.4 Å². The molecule has 1 N–H and O–H groups in total. The van der Waals surface area contributed by atoms with E-state index in [0.29, 0.717) is 25.0 Å². The molecule has 118 valence electrons. The standard InChI is InChI=1S/C15H24N2O4/c1-14(2,3)21-13(20)17-7-10-5-9-6-11(9)16(10)8-15(17,4)12(18)19/h9-11H,5-8H2,1-4H3,(H,18,19)/t9-,10+,11+,15-/m0/s1. The maximum atomic E-state index is 12.4. The van der Waals surface area contributed by atoms with Crippen LogP contribution in [0.2, 0.25) is 0 Å². The number of aliphatic carboxylic acids is 1. The van der Waals surface area contributed by atoms with Crippen molar-refractivity contribution in [2.45, 2.75) is 63.8 Å². The van der Waals surface area contributed by atoms with Crippen molar-refractivity contribution in [2.75, 3.05) is 13.1 Å². The predicted octanol–water partition coefficient (Wildman–Crippen LogP) is 1.54. The van der Waals surface area contributed by atoms with Crippen molar-refractivity contribution >= 4 is 12.1 Å². The molecule has 4 atom stereocenters. The number of carboxylic acid groups (broad SMARTS) is 1. The van der Waals surface area contributed by atoms with Gasteiger partial charge in [-0.05, 0) is 46.5 Å². The Morgan fingerprint density at radius 3 is 2.52 bits per heavy atom. The van der Waals surface area contributed by atoms with Crippen LogP contribution < -0.4 is 0 Å². The molecule has 0 spiro atoms. The molecule has 0 aromatic heterocycles. The Balaban J connectivity index is 1.83. The van der Waals surface area contributed by atoms with Crippen LogP contribution in [0.3, 0.4) is 0 Å². The molecule has 0 aromatic carbocycles. The number of hydrogen-bond acceptors (Lipinski definition) is 4. The number of carboxylic acids is 1. The van der Waals surface area contributed by atoms with Crippen LogP contribution >= 0.6 is 0 Å². The highest BCUT2D eigenvalue weighted by molar-refractivity contribution is 5.85. The lowest BCUT2D eigenvalue weighted by Crippen LogP contribution is -2.68. The minimum absolute atomic E-state index is 0.286. The number of rotatable bonds is 1. The predicted molar refractivity (Wildman–Crippen MR) is 76.0 cm³/mol. The van der Waals surface area contributed by atoms with E-state index in [0.717, 1.165) is 6.42 Å². The van der Waals surface area contributed by atoms with Gasteiger partial charge in [0, 0.05) is 25.2 Å². The van der Waals surface area contributed by atoms with Gasteiger partial charge in [-0.3, -0.25) is 9.80 Å². The molecule has 2 aliphatic heterocycles. The minimum atomic E-state index is -1.21. The molecule has 21 heavy (non-hydrogen) atoms. The molecule has 0 unspecified atom stereocenters.